The predicted molar refractivity (Wildman–Crippen MR) is 97.5 cm³/mol. The third kappa shape index (κ3) is 5.14. The van der Waals surface area contributed by atoms with E-state index >= 15 is 0 Å². The summed E-state index contributed by atoms with van der Waals surface area (Å²) in [6.07, 6.45) is 12.5. The van der Waals surface area contributed by atoms with Crippen LogP contribution < -0.4 is 0 Å². The second-order valence-corrected chi connectivity index (χ2v) is 7.75. The lowest BCUT2D eigenvalue weighted by atomic mass is 9.79. The molecule has 2 aliphatic rings. The molecule has 26 heavy (non-hydrogen) atoms. The van der Waals surface area contributed by atoms with Gasteiger partial charge in [0, 0.05) is 12.7 Å². The Morgan fingerprint density at radius 2 is 1.73 bits per heavy atom. The van der Waals surface area contributed by atoms with Crippen molar-refractivity contribution in [2.75, 3.05) is 6.61 Å². The van der Waals surface area contributed by atoms with E-state index in [9.17, 15) is 8.78 Å². The number of nitrogens with zero attached hydrogens (tertiary/aromatic N) is 1. The smallest absolute Gasteiger partial charge is 0.159 e. The second-order valence-electron chi connectivity index (χ2n) is 7.75. The van der Waals surface area contributed by atoms with Crippen LogP contribution in [0.2, 0.25) is 0 Å². The molecule has 0 amide bonds. The maximum Gasteiger partial charge on any atom is 0.159 e. The van der Waals surface area contributed by atoms with E-state index in [1.807, 2.05) is 6.08 Å². The molecule has 0 N–H and O–H groups in total. The van der Waals surface area contributed by atoms with E-state index in [4.69, 9.17) is 10.00 Å². The van der Waals surface area contributed by atoms with Crippen LogP contribution in [0.15, 0.2) is 30.4 Å². The average Bonchev–Trinajstić information content (AvgIpc) is 2.68. The molecule has 1 aromatic rings. The number of rotatable bonds is 5. The highest BCUT2D eigenvalue weighted by Crippen LogP contribution is 2.37. The fourth-order valence-corrected chi connectivity index (χ4v) is 4.33. The van der Waals surface area contributed by atoms with Gasteiger partial charge in [0.2, 0.25) is 0 Å². The summed E-state index contributed by atoms with van der Waals surface area (Å²) in [5.74, 6) is -0.0700. The van der Waals surface area contributed by atoms with Gasteiger partial charge in [0.15, 0.2) is 11.6 Å². The van der Waals surface area contributed by atoms with Crippen molar-refractivity contribution in [2.24, 2.45) is 11.8 Å². The summed E-state index contributed by atoms with van der Waals surface area (Å²) in [7, 11) is 0. The van der Waals surface area contributed by atoms with Crippen molar-refractivity contribution in [3.8, 4) is 6.07 Å². The standard InChI is InChI=1S/C22H27F2NO/c23-21-12-9-19(14-22(21)24)18-7-3-17(4-8-18)15-26-20-10-5-16(6-11-20)2-1-13-25/h1-2,9,12,14,16-18,20H,3-8,10-11,15H2/b2-1+. The van der Waals surface area contributed by atoms with Gasteiger partial charge >= 0.3 is 0 Å². The molecule has 2 nitrogen and oxygen atoms in total. The molecule has 3 rings (SSSR count). The summed E-state index contributed by atoms with van der Waals surface area (Å²) in [6.45, 7) is 0.813. The van der Waals surface area contributed by atoms with Gasteiger partial charge in [-0.15, -0.1) is 0 Å². The molecule has 1 aromatic carbocycles. The molecule has 0 aromatic heterocycles. The van der Waals surface area contributed by atoms with Crippen LogP contribution in [0.25, 0.3) is 0 Å². The Morgan fingerprint density at radius 3 is 2.38 bits per heavy atom. The van der Waals surface area contributed by atoms with E-state index in [1.165, 1.54) is 12.1 Å². The fourth-order valence-electron chi connectivity index (χ4n) is 4.33. The first kappa shape index (κ1) is 19.0. The van der Waals surface area contributed by atoms with Crippen molar-refractivity contribution >= 4 is 0 Å². The zero-order chi connectivity index (χ0) is 18.4. The van der Waals surface area contributed by atoms with E-state index in [1.54, 1.807) is 12.1 Å². The number of hydrogen-bond acceptors (Lipinski definition) is 2. The highest BCUT2D eigenvalue weighted by atomic mass is 19.2. The summed E-state index contributed by atoms with van der Waals surface area (Å²) >= 11 is 0. The van der Waals surface area contributed by atoms with Crippen molar-refractivity contribution in [3.63, 3.8) is 0 Å². The van der Waals surface area contributed by atoms with Crippen LogP contribution in [-0.4, -0.2) is 12.7 Å². The number of nitriles is 1. The van der Waals surface area contributed by atoms with Gasteiger partial charge in [0.05, 0.1) is 12.2 Å². The lowest BCUT2D eigenvalue weighted by Crippen LogP contribution is -2.25. The Bertz CT molecular complexity index is 651. The first-order valence-electron chi connectivity index (χ1n) is 9.78. The number of allylic oxidation sites excluding steroid dienone is 2. The number of hydrogen-bond donors (Lipinski definition) is 0. The third-order valence-electron chi connectivity index (χ3n) is 5.99. The topological polar surface area (TPSA) is 33.0 Å². The number of halogens is 2. The summed E-state index contributed by atoms with van der Waals surface area (Å²) in [6, 6.07) is 6.38. The van der Waals surface area contributed by atoms with Crippen molar-refractivity contribution in [3.05, 3.63) is 47.5 Å². The highest BCUT2D eigenvalue weighted by Gasteiger charge is 2.25. The molecule has 0 heterocycles. The van der Waals surface area contributed by atoms with E-state index in [2.05, 4.69) is 6.07 Å². The molecule has 140 valence electrons. The molecule has 2 fully saturated rings. The molecule has 2 saturated carbocycles. The van der Waals surface area contributed by atoms with Gasteiger partial charge in [-0.25, -0.2) is 8.78 Å². The minimum Gasteiger partial charge on any atom is -0.378 e. The molecular weight excluding hydrogens is 332 g/mol. The van der Waals surface area contributed by atoms with Gasteiger partial charge in [-0.3, -0.25) is 0 Å². The average molecular weight is 359 g/mol. The monoisotopic (exact) mass is 359 g/mol. The molecule has 0 spiro atoms. The van der Waals surface area contributed by atoms with Gasteiger partial charge in [-0.2, -0.15) is 5.26 Å². The highest BCUT2D eigenvalue weighted by molar-refractivity contribution is 5.22. The molecule has 0 atom stereocenters. The number of ether oxygens (including phenoxy) is 1. The van der Waals surface area contributed by atoms with E-state index in [-0.39, 0.29) is 0 Å². The molecule has 0 bridgehead atoms. The van der Waals surface area contributed by atoms with Crippen molar-refractivity contribution < 1.29 is 13.5 Å². The minimum atomic E-state index is -0.770. The van der Waals surface area contributed by atoms with Gasteiger partial charge in [-0.1, -0.05) is 12.1 Å². The van der Waals surface area contributed by atoms with Crippen LogP contribution in [0.5, 0.6) is 0 Å². The van der Waals surface area contributed by atoms with Crippen LogP contribution >= 0.6 is 0 Å². The normalized spacial score (nSPS) is 29.6. The SMILES string of the molecule is N#C/C=C/C1CCC(OCC2CCC(c3ccc(F)c(F)c3)CC2)CC1. The van der Waals surface area contributed by atoms with Crippen LogP contribution in [-0.2, 0) is 4.74 Å². The van der Waals surface area contributed by atoms with E-state index in [0.29, 0.717) is 23.9 Å². The number of benzene rings is 1. The molecule has 0 aliphatic heterocycles. The van der Waals surface area contributed by atoms with Crippen LogP contribution in [0.1, 0.15) is 62.8 Å². The van der Waals surface area contributed by atoms with Crippen molar-refractivity contribution in [1.29, 1.82) is 5.26 Å². The van der Waals surface area contributed by atoms with Gasteiger partial charge in [-0.05, 0) is 86.8 Å². The van der Waals surface area contributed by atoms with Crippen LogP contribution in [0.3, 0.4) is 0 Å². The lowest BCUT2D eigenvalue weighted by molar-refractivity contribution is -0.00456. The van der Waals surface area contributed by atoms with Gasteiger partial charge in [0.25, 0.3) is 0 Å². The van der Waals surface area contributed by atoms with Crippen molar-refractivity contribution in [1.82, 2.24) is 0 Å². The van der Waals surface area contributed by atoms with Crippen LogP contribution in [0, 0.1) is 34.8 Å². The Balaban J connectivity index is 1.38. The largest absolute Gasteiger partial charge is 0.378 e. The summed E-state index contributed by atoms with van der Waals surface area (Å²) in [4.78, 5) is 0. The summed E-state index contributed by atoms with van der Waals surface area (Å²) in [5.41, 5.74) is 0.923. The molecule has 0 saturated heterocycles. The molecular formula is C22H27F2NO. The maximum atomic E-state index is 13.4. The summed E-state index contributed by atoms with van der Waals surface area (Å²) in [5, 5.41) is 8.60. The summed E-state index contributed by atoms with van der Waals surface area (Å²) < 4.78 is 32.7. The van der Waals surface area contributed by atoms with Gasteiger partial charge in [0.1, 0.15) is 0 Å². The molecule has 4 heteroatoms. The van der Waals surface area contributed by atoms with Crippen LogP contribution in [0.4, 0.5) is 8.78 Å². The minimum absolute atomic E-state index is 0.337. The Hall–Kier alpha value is -1.73. The van der Waals surface area contributed by atoms with Gasteiger partial charge < -0.3 is 4.74 Å². The van der Waals surface area contributed by atoms with E-state index in [0.717, 1.165) is 63.5 Å². The Labute approximate surface area is 154 Å². The molecule has 0 unspecified atom stereocenters. The molecule has 2 aliphatic carbocycles. The van der Waals surface area contributed by atoms with E-state index < -0.39 is 11.6 Å². The first-order valence-corrected chi connectivity index (χ1v) is 9.78. The quantitative estimate of drug-likeness (QED) is 0.614. The van der Waals surface area contributed by atoms with Crippen molar-refractivity contribution in [2.45, 2.75) is 63.4 Å². The lowest BCUT2D eigenvalue weighted by Gasteiger charge is -2.32. The predicted octanol–water partition coefficient (Wildman–Crippen LogP) is 5.89. The fraction of sp³-hybridized carbons (Fsp3) is 0.591. The third-order valence-corrected chi connectivity index (χ3v) is 5.99. The Kier molecular flexibility index (Phi) is 6.80. The Morgan fingerprint density at radius 1 is 1.00 bits per heavy atom. The zero-order valence-electron chi connectivity index (χ0n) is 15.2. The maximum absolute atomic E-state index is 13.4. The first-order chi connectivity index (χ1) is 12.7. The second kappa shape index (κ2) is 9.28. The molecule has 0 radical (unpaired) electrons. The zero-order valence-corrected chi connectivity index (χ0v) is 15.2.